The number of aliphatic carboxylic acids is 1. The van der Waals surface area contributed by atoms with Crippen LogP contribution in [0.25, 0.3) is 0 Å². The number of carboxylic acids is 1. The van der Waals surface area contributed by atoms with Gasteiger partial charge in [-0.25, -0.2) is 18.0 Å². The Kier molecular flexibility index (Phi) is 6.98. The van der Waals surface area contributed by atoms with Crippen LogP contribution in [0.1, 0.15) is 40.5 Å². The summed E-state index contributed by atoms with van der Waals surface area (Å²) < 4.78 is 28.0. The number of nitrogens with one attached hydrogen (secondary N) is 1. The van der Waals surface area contributed by atoms with Crippen LogP contribution in [-0.2, 0) is 19.4 Å². The van der Waals surface area contributed by atoms with Gasteiger partial charge in [-0.1, -0.05) is 6.92 Å². The number of sulfone groups is 1. The van der Waals surface area contributed by atoms with Gasteiger partial charge >= 0.3 is 12.1 Å². The van der Waals surface area contributed by atoms with Gasteiger partial charge in [0.05, 0.1) is 5.75 Å². The average molecular weight is 309 g/mol. The second-order valence-electron chi connectivity index (χ2n) is 5.48. The number of alkyl carbamates (subject to hydrolysis) is 1. The molecule has 0 bridgehead atoms. The lowest BCUT2D eigenvalue weighted by Gasteiger charge is -2.22. The average Bonchev–Trinajstić information content (AvgIpc) is 2.21. The van der Waals surface area contributed by atoms with Gasteiger partial charge in [-0.3, -0.25) is 0 Å². The van der Waals surface area contributed by atoms with Gasteiger partial charge in [0.1, 0.15) is 21.5 Å². The quantitative estimate of drug-likeness (QED) is 0.730. The normalized spacial score (nSPS) is 13.6. The number of hydrogen-bond acceptors (Lipinski definition) is 5. The van der Waals surface area contributed by atoms with Crippen molar-refractivity contribution >= 4 is 21.9 Å². The molecule has 2 N–H and O–H groups in total. The zero-order chi connectivity index (χ0) is 16.0. The molecule has 0 fully saturated rings. The molecule has 1 atom stereocenters. The molecule has 0 rings (SSSR count). The molecule has 118 valence electrons. The molecular formula is C12H23NO6S. The van der Waals surface area contributed by atoms with E-state index in [9.17, 15) is 18.0 Å². The molecule has 0 aliphatic carbocycles. The molecule has 0 spiro atoms. The van der Waals surface area contributed by atoms with E-state index in [2.05, 4.69) is 5.32 Å². The lowest BCUT2D eigenvalue weighted by molar-refractivity contribution is -0.139. The molecule has 7 nitrogen and oxygen atoms in total. The Hall–Kier alpha value is -1.31. The summed E-state index contributed by atoms with van der Waals surface area (Å²) in [5.41, 5.74) is -0.749. The second-order valence-corrected chi connectivity index (χ2v) is 7.78. The molecule has 0 aliphatic rings. The number of carbonyl (C=O) groups is 2. The molecule has 0 aromatic rings. The number of carbonyl (C=O) groups excluding carboxylic acids is 1. The number of rotatable bonds is 7. The molecule has 0 aromatic carbocycles. The van der Waals surface area contributed by atoms with Gasteiger partial charge in [-0.05, 0) is 33.6 Å². The topological polar surface area (TPSA) is 110 Å². The lowest BCUT2D eigenvalue weighted by Crippen LogP contribution is -2.44. The van der Waals surface area contributed by atoms with Crippen LogP contribution in [0.2, 0.25) is 0 Å². The first-order valence-corrected chi connectivity index (χ1v) is 8.21. The summed E-state index contributed by atoms with van der Waals surface area (Å²) in [5, 5.41) is 11.1. The van der Waals surface area contributed by atoms with E-state index in [4.69, 9.17) is 9.84 Å². The summed E-state index contributed by atoms with van der Waals surface area (Å²) in [4.78, 5) is 22.5. The maximum Gasteiger partial charge on any atom is 0.408 e. The maximum atomic E-state index is 11.5. The summed E-state index contributed by atoms with van der Waals surface area (Å²) in [6.45, 7) is 6.67. The van der Waals surface area contributed by atoms with E-state index < -0.39 is 33.5 Å². The van der Waals surface area contributed by atoms with Gasteiger partial charge in [0.25, 0.3) is 0 Å². The first-order valence-electron chi connectivity index (χ1n) is 6.39. The predicted molar refractivity (Wildman–Crippen MR) is 74.4 cm³/mol. The second kappa shape index (κ2) is 7.47. The van der Waals surface area contributed by atoms with E-state index in [0.29, 0.717) is 6.42 Å². The minimum Gasteiger partial charge on any atom is -0.480 e. The van der Waals surface area contributed by atoms with Crippen molar-refractivity contribution in [3.8, 4) is 0 Å². The molecule has 0 aliphatic heterocycles. The van der Waals surface area contributed by atoms with E-state index in [-0.39, 0.29) is 17.9 Å². The largest absolute Gasteiger partial charge is 0.480 e. The molecule has 0 radical (unpaired) electrons. The zero-order valence-corrected chi connectivity index (χ0v) is 13.1. The van der Waals surface area contributed by atoms with Crippen LogP contribution in [0.15, 0.2) is 0 Å². The third-order valence-electron chi connectivity index (χ3n) is 2.22. The van der Waals surface area contributed by atoms with Gasteiger partial charge in [0.2, 0.25) is 0 Å². The third-order valence-corrected chi connectivity index (χ3v) is 4.11. The SMILES string of the molecule is CCCS(=O)(=O)CCC(NC(=O)OC(C)(C)C)C(=O)O. The molecule has 1 amide bonds. The summed E-state index contributed by atoms with van der Waals surface area (Å²) in [6, 6.07) is -1.28. The summed E-state index contributed by atoms with van der Waals surface area (Å²) in [6.07, 6.45) is -0.589. The van der Waals surface area contributed by atoms with Gasteiger partial charge in [0, 0.05) is 5.75 Å². The van der Waals surface area contributed by atoms with Gasteiger partial charge in [-0.15, -0.1) is 0 Å². The van der Waals surface area contributed by atoms with Crippen molar-refractivity contribution in [1.82, 2.24) is 5.32 Å². The summed E-state index contributed by atoms with van der Waals surface area (Å²) in [7, 11) is -3.29. The standard InChI is InChI=1S/C12H23NO6S/c1-5-7-20(17,18)8-6-9(10(14)15)13-11(16)19-12(2,3)4/h9H,5-8H2,1-4H3,(H,13,16)(H,14,15). The van der Waals surface area contributed by atoms with Crippen LogP contribution in [0, 0.1) is 0 Å². The van der Waals surface area contributed by atoms with Gasteiger partial charge in [-0.2, -0.15) is 0 Å². The van der Waals surface area contributed by atoms with Crippen molar-refractivity contribution in [3.63, 3.8) is 0 Å². The molecule has 0 saturated heterocycles. The fourth-order valence-electron chi connectivity index (χ4n) is 1.42. The predicted octanol–water partition coefficient (Wildman–Crippen LogP) is 1.18. The monoisotopic (exact) mass is 309 g/mol. The Morgan fingerprint density at radius 2 is 1.80 bits per heavy atom. The number of carboxylic acid groups (broad SMARTS) is 1. The van der Waals surface area contributed by atoms with E-state index >= 15 is 0 Å². The summed E-state index contributed by atoms with van der Waals surface area (Å²) in [5.74, 6) is -1.57. The molecule has 0 aromatic heterocycles. The Labute approximate surface area is 119 Å². The van der Waals surface area contributed by atoms with Crippen molar-refractivity contribution in [3.05, 3.63) is 0 Å². The van der Waals surface area contributed by atoms with Crippen LogP contribution in [0.4, 0.5) is 4.79 Å². The lowest BCUT2D eigenvalue weighted by atomic mass is 10.2. The van der Waals surface area contributed by atoms with Gasteiger partial charge < -0.3 is 15.2 Å². The fraction of sp³-hybridized carbons (Fsp3) is 0.833. The minimum atomic E-state index is -3.29. The van der Waals surface area contributed by atoms with E-state index in [1.54, 1.807) is 27.7 Å². The van der Waals surface area contributed by atoms with Crippen LogP contribution < -0.4 is 5.32 Å². The maximum absolute atomic E-state index is 11.5. The minimum absolute atomic E-state index is 0.00573. The first-order chi connectivity index (χ1) is 8.97. The fourth-order valence-corrected chi connectivity index (χ4v) is 2.84. The molecule has 20 heavy (non-hydrogen) atoms. The molecule has 1 unspecified atom stereocenters. The van der Waals surface area contributed by atoms with Crippen LogP contribution in [-0.4, -0.2) is 48.7 Å². The van der Waals surface area contributed by atoms with Crippen LogP contribution in [0.5, 0.6) is 0 Å². The van der Waals surface area contributed by atoms with Crippen LogP contribution >= 0.6 is 0 Å². The van der Waals surface area contributed by atoms with Crippen molar-refractivity contribution in [1.29, 1.82) is 0 Å². The zero-order valence-electron chi connectivity index (χ0n) is 12.3. The highest BCUT2D eigenvalue weighted by molar-refractivity contribution is 7.91. The highest BCUT2D eigenvalue weighted by atomic mass is 32.2. The number of amides is 1. The Morgan fingerprint density at radius 1 is 1.25 bits per heavy atom. The molecule has 0 saturated carbocycles. The number of hydrogen-bond donors (Lipinski definition) is 2. The van der Waals surface area contributed by atoms with E-state index in [0.717, 1.165) is 0 Å². The Balaban J connectivity index is 4.53. The smallest absolute Gasteiger partial charge is 0.408 e. The highest BCUT2D eigenvalue weighted by Crippen LogP contribution is 2.08. The highest BCUT2D eigenvalue weighted by Gasteiger charge is 2.25. The molecule has 8 heteroatoms. The summed E-state index contributed by atoms with van der Waals surface area (Å²) >= 11 is 0. The Bertz CT molecular complexity index is 437. The van der Waals surface area contributed by atoms with Crippen LogP contribution in [0.3, 0.4) is 0 Å². The number of ether oxygens (including phenoxy) is 1. The first kappa shape index (κ1) is 18.7. The van der Waals surface area contributed by atoms with E-state index in [1.807, 2.05) is 0 Å². The van der Waals surface area contributed by atoms with Crippen molar-refractivity contribution < 1.29 is 27.9 Å². The Morgan fingerprint density at radius 3 is 2.20 bits per heavy atom. The van der Waals surface area contributed by atoms with Gasteiger partial charge in [0.15, 0.2) is 0 Å². The van der Waals surface area contributed by atoms with Crippen molar-refractivity contribution in [2.45, 2.75) is 52.2 Å². The molecule has 0 heterocycles. The van der Waals surface area contributed by atoms with Crippen molar-refractivity contribution in [2.24, 2.45) is 0 Å². The molecular weight excluding hydrogens is 286 g/mol. The van der Waals surface area contributed by atoms with Crippen molar-refractivity contribution in [2.75, 3.05) is 11.5 Å². The third kappa shape index (κ3) is 8.73. The van der Waals surface area contributed by atoms with E-state index in [1.165, 1.54) is 0 Å².